The highest BCUT2D eigenvalue weighted by atomic mass is 32.2. The van der Waals surface area contributed by atoms with Gasteiger partial charge in [0.15, 0.2) is 0 Å². The number of rotatable bonds is 7. The summed E-state index contributed by atoms with van der Waals surface area (Å²) in [5.74, 6) is 0. The minimum absolute atomic E-state index is 0.0161. The molecule has 0 fully saturated rings. The first-order valence-corrected chi connectivity index (χ1v) is 8.06. The molecule has 1 unspecified atom stereocenters. The van der Waals surface area contributed by atoms with Crippen molar-refractivity contribution in [3.8, 4) is 0 Å². The third-order valence-electron chi connectivity index (χ3n) is 2.89. The number of carbonyl (C=O) groups excluding carboxylic acids is 1. The second-order valence-electron chi connectivity index (χ2n) is 4.84. The number of nitrogens with two attached hydrogens (primary N) is 1. The molecule has 0 saturated heterocycles. The van der Waals surface area contributed by atoms with Crippen molar-refractivity contribution in [3.05, 3.63) is 29.8 Å². The topological polar surface area (TPSA) is 122 Å². The fourth-order valence-corrected chi connectivity index (χ4v) is 2.27. The number of sulfonamides is 1. The van der Waals surface area contributed by atoms with Gasteiger partial charge in [0.25, 0.3) is 0 Å². The first kappa shape index (κ1) is 18.4. The molecule has 0 aliphatic rings. The maximum absolute atomic E-state index is 11.8. The van der Waals surface area contributed by atoms with Crippen molar-refractivity contribution in [2.24, 2.45) is 5.14 Å². The lowest BCUT2D eigenvalue weighted by Gasteiger charge is -2.21. The molecule has 0 saturated carbocycles. The van der Waals surface area contributed by atoms with Crippen LogP contribution in [0.2, 0.25) is 0 Å². The molecule has 0 aliphatic heterocycles. The summed E-state index contributed by atoms with van der Waals surface area (Å²) in [5.41, 5.74) is 0.728. The first-order chi connectivity index (χ1) is 10.2. The van der Waals surface area contributed by atoms with Crippen LogP contribution in [-0.4, -0.2) is 57.9 Å². The summed E-state index contributed by atoms with van der Waals surface area (Å²) in [6.45, 7) is 0.519. The summed E-state index contributed by atoms with van der Waals surface area (Å²) in [7, 11) is -0.698. The molecule has 8 nitrogen and oxygen atoms in total. The van der Waals surface area contributed by atoms with Crippen molar-refractivity contribution in [2.75, 3.05) is 27.3 Å². The van der Waals surface area contributed by atoms with E-state index in [0.717, 1.165) is 5.56 Å². The summed E-state index contributed by atoms with van der Waals surface area (Å²) in [4.78, 5) is 13.2. The molecular weight excluding hydrogens is 310 g/mol. The molecule has 124 valence electrons. The summed E-state index contributed by atoms with van der Waals surface area (Å²) >= 11 is 0. The Morgan fingerprint density at radius 3 is 2.50 bits per heavy atom. The molecule has 22 heavy (non-hydrogen) atoms. The maximum Gasteiger partial charge on any atom is 0.317 e. The van der Waals surface area contributed by atoms with Crippen LogP contribution in [-0.2, 0) is 21.3 Å². The molecule has 1 aromatic rings. The zero-order valence-electron chi connectivity index (χ0n) is 12.5. The lowest BCUT2D eigenvalue weighted by Crippen LogP contribution is -2.42. The number of hydrogen-bond donors (Lipinski definition) is 3. The van der Waals surface area contributed by atoms with E-state index in [0.29, 0.717) is 0 Å². The number of nitrogens with zero attached hydrogens (tertiary/aromatic N) is 1. The van der Waals surface area contributed by atoms with E-state index in [-0.39, 0.29) is 30.6 Å². The number of aliphatic hydroxyl groups is 1. The molecule has 0 spiro atoms. The molecule has 9 heteroatoms. The standard InChI is InChI=1S/C13H21N3O5S/c1-16(8-11(17)9-21-2)13(18)15-7-10-3-5-12(6-4-10)22(14,19)20/h3-6,11,17H,7-9H2,1-2H3,(H,15,18)(H2,14,19,20). The van der Waals surface area contributed by atoms with E-state index in [2.05, 4.69) is 5.32 Å². The first-order valence-electron chi connectivity index (χ1n) is 6.51. The zero-order chi connectivity index (χ0) is 16.8. The molecular formula is C13H21N3O5S. The quantitative estimate of drug-likeness (QED) is 0.621. The van der Waals surface area contributed by atoms with Crippen LogP contribution in [0.4, 0.5) is 4.79 Å². The van der Waals surface area contributed by atoms with Gasteiger partial charge in [0.2, 0.25) is 10.0 Å². The predicted octanol–water partition coefficient (Wildman–Crippen LogP) is -0.517. The second-order valence-corrected chi connectivity index (χ2v) is 6.40. The minimum atomic E-state index is -3.72. The highest BCUT2D eigenvalue weighted by molar-refractivity contribution is 7.89. The van der Waals surface area contributed by atoms with Crippen LogP contribution < -0.4 is 10.5 Å². The van der Waals surface area contributed by atoms with Crippen LogP contribution in [0, 0.1) is 0 Å². The van der Waals surface area contributed by atoms with Crippen LogP contribution >= 0.6 is 0 Å². The molecule has 1 aromatic carbocycles. The van der Waals surface area contributed by atoms with Crippen molar-refractivity contribution >= 4 is 16.1 Å². The number of methoxy groups -OCH3 is 1. The van der Waals surface area contributed by atoms with Gasteiger partial charge in [-0.2, -0.15) is 0 Å². The van der Waals surface area contributed by atoms with E-state index >= 15 is 0 Å². The summed E-state index contributed by atoms with van der Waals surface area (Å²) in [6.07, 6.45) is -0.755. The van der Waals surface area contributed by atoms with Crippen molar-refractivity contribution in [1.29, 1.82) is 0 Å². The minimum Gasteiger partial charge on any atom is -0.389 e. The van der Waals surface area contributed by atoms with Gasteiger partial charge >= 0.3 is 6.03 Å². The normalized spacial score (nSPS) is 12.7. The predicted molar refractivity (Wildman–Crippen MR) is 80.6 cm³/mol. The third-order valence-corrected chi connectivity index (χ3v) is 3.82. The molecule has 4 N–H and O–H groups in total. The molecule has 2 amide bonds. The fourth-order valence-electron chi connectivity index (χ4n) is 1.75. The number of benzene rings is 1. The molecule has 1 rings (SSSR count). The van der Waals surface area contributed by atoms with Crippen LogP contribution in [0.5, 0.6) is 0 Å². The van der Waals surface area contributed by atoms with E-state index in [1.54, 1.807) is 19.2 Å². The van der Waals surface area contributed by atoms with E-state index in [1.165, 1.54) is 24.1 Å². The molecule has 0 aromatic heterocycles. The van der Waals surface area contributed by atoms with Gasteiger partial charge in [0, 0.05) is 20.7 Å². The van der Waals surface area contributed by atoms with Gasteiger partial charge < -0.3 is 20.1 Å². The average Bonchev–Trinajstić information content (AvgIpc) is 2.44. The summed E-state index contributed by atoms with van der Waals surface area (Å²) in [6, 6.07) is 5.54. The maximum atomic E-state index is 11.8. The van der Waals surface area contributed by atoms with Gasteiger partial charge in [-0.15, -0.1) is 0 Å². The van der Waals surface area contributed by atoms with Gasteiger partial charge in [0.05, 0.1) is 24.2 Å². The average molecular weight is 331 g/mol. The lowest BCUT2D eigenvalue weighted by atomic mass is 10.2. The van der Waals surface area contributed by atoms with Crippen molar-refractivity contribution < 1.29 is 23.1 Å². The lowest BCUT2D eigenvalue weighted by molar-refractivity contribution is 0.0489. The van der Waals surface area contributed by atoms with Crippen LogP contribution in [0.1, 0.15) is 5.56 Å². The number of urea groups is 1. The monoisotopic (exact) mass is 331 g/mol. The number of ether oxygens (including phenoxy) is 1. The Morgan fingerprint density at radius 1 is 1.41 bits per heavy atom. The van der Waals surface area contributed by atoms with Gasteiger partial charge in [-0.05, 0) is 17.7 Å². The third kappa shape index (κ3) is 5.98. The fraction of sp³-hybridized carbons (Fsp3) is 0.462. The smallest absolute Gasteiger partial charge is 0.317 e. The molecule has 1 atom stereocenters. The Labute approximate surface area is 129 Å². The molecule has 0 radical (unpaired) electrons. The van der Waals surface area contributed by atoms with Crippen LogP contribution in [0.15, 0.2) is 29.2 Å². The Bertz CT molecular complexity index is 588. The molecule has 0 bridgehead atoms. The van der Waals surface area contributed by atoms with Crippen molar-refractivity contribution in [3.63, 3.8) is 0 Å². The Morgan fingerprint density at radius 2 is 2.00 bits per heavy atom. The number of primary sulfonamides is 1. The Kier molecular flexibility index (Phi) is 6.75. The van der Waals surface area contributed by atoms with E-state index in [4.69, 9.17) is 9.88 Å². The van der Waals surface area contributed by atoms with E-state index < -0.39 is 16.1 Å². The van der Waals surface area contributed by atoms with Gasteiger partial charge in [0.1, 0.15) is 0 Å². The number of aliphatic hydroxyl groups excluding tert-OH is 1. The summed E-state index contributed by atoms with van der Waals surface area (Å²) < 4.78 is 27.0. The van der Waals surface area contributed by atoms with Crippen LogP contribution in [0.3, 0.4) is 0 Å². The number of hydrogen-bond acceptors (Lipinski definition) is 5. The van der Waals surface area contributed by atoms with Crippen LogP contribution in [0.25, 0.3) is 0 Å². The van der Waals surface area contributed by atoms with Gasteiger partial charge in [-0.3, -0.25) is 0 Å². The molecule has 0 aliphatic carbocycles. The number of carbonyl (C=O) groups is 1. The summed E-state index contributed by atoms with van der Waals surface area (Å²) in [5, 5.41) is 17.2. The van der Waals surface area contributed by atoms with E-state index in [1.807, 2.05) is 0 Å². The SMILES string of the molecule is COCC(O)CN(C)C(=O)NCc1ccc(S(N)(=O)=O)cc1. The number of nitrogens with one attached hydrogen (secondary N) is 1. The zero-order valence-corrected chi connectivity index (χ0v) is 13.3. The number of likely N-dealkylation sites (N-methyl/N-ethyl adjacent to an activating group) is 1. The largest absolute Gasteiger partial charge is 0.389 e. The van der Waals surface area contributed by atoms with Crippen molar-refractivity contribution in [1.82, 2.24) is 10.2 Å². The Hall–Kier alpha value is -1.68. The number of amides is 2. The highest BCUT2D eigenvalue weighted by Gasteiger charge is 2.13. The van der Waals surface area contributed by atoms with Gasteiger partial charge in [-0.25, -0.2) is 18.4 Å². The molecule has 0 heterocycles. The Balaban J connectivity index is 2.50. The van der Waals surface area contributed by atoms with Crippen molar-refractivity contribution in [2.45, 2.75) is 17.5 Å². The van der Waals surface area contributed by atoms with E-state index in [9.17, 15) is 18.3 Å². The highest BCUT2D eigenvalue weighted by Crippen LogP contribution is 2.08. The second kappa shape index (κ2) is 8.08. The van der Waals surface area contributed by atoms with Gasteiger partial charge in [-0.1, -0.05) is 12.1 Å².